The van der Waals surface area contributed by atoms with Crippen LogP contribution in [0.25, 0.3) is 0 Å². The number of hydrogen-bond acceptors (Lipinski definition) is 7. The van der Waals surface area contributed by atoms with Crippen molar-refractivity contribution < 1.29 is 34.8 Å². The summed E-state index contributed by atoms with van der Waals surface area (Å²) in [5.74, 6) is 7.26. The molecule has 328 valence electrons. The summed E-state index contributed by atoms with van der Waals surface area (Å²) in [6, 6.07) is 0.786. The Balaban J connectivity index is 0.000000244. The number of carbonyl (C=O) groups excluding carboxylic acids is 1. The summed E-state index contributed by atoms with van der Waals surface area (Å²) >= 11 is 0. The zero-order chi connectivity index (χ0) is 42.5. The van der Waals surface area contributed by atoms with E-state index < -0.39 is 11.9 Å². The average molecular weight is 793 g/mol. The van der Waals surface area contributed by atoms with E-state index in [9.17, 15) is 24.6 Å². The molecule has 0 unspecified atom stereocenters. The number of ketones is 1. The number of rotatable bonds is 10. The van der Waals surface area contributed by atoms with Crippen LogP contribution in [-0.2, 0) is 14.4 Å². The molecule has 2 heterocycles. The second kappa shape index (κ2) is 23.9. The Labute approximate surface area is 343 Å². The van der Waals surface area contributed by atoms with Gasteiger partial charge < -0.3 is 20.4 Å². The Kier molecular flexibility index (Phi) is 21.6. The molecule has 0 aromatic carbocycles. The van der Waals surface area contributed by atoms with Crippen molar-refractivity contribution in [3.8, 4) is 0 Å². The molecule has 0 amide bonds. The minimum Gasteiger partial charge on any atom is -0.481 e. The predicted octanol–water partition coefficient (Wildman–Crippen LogP) is 9.13. The van der Waals surface area contributed by atoms with Crippen molar-refractivity contribution in [1.82, 2.24) is 9.80 Å². The Morgan fingerprint density at radius 1 is 0.607 bits per heavy atom. The van der Waals surface area contributed by atoms with Crippen molar-refractivity contribution in [3.05, 3.63) is 0 Å². The van der Waals surface area contributed by atoms with E-state index in [2.05, 4.69) is 74.1 Å². The van der Waals surface area contributed by atoms with Gasteiger partial charge in [0.2, 0.25) is 0 Å². The minimum atomic E-state index is -0.706. The highest BCUT2D eigenvalue weighted by Crippen LogP contribution is 2.42. The smallest absolute Gasteiger partial charge is 0.317 e. The monoisotopic (exact) mass is 793 g/mol. The molecule has 9 heteroatoms. The van der Waals surface area contributed by atoms with Crippen molar-refractivity contribution in [2.24, 2.45) is 71.0 Å². The highest BCUT2D eigenvalue weighted by molar-refractivity contribution is 5.79. The molecule has 9 nitrogen and oxygen atoms in total. The van der Waals surface area contributed by atoms with Gasteiger partial charge in [-0.15, -0.1) is 0 Å². The molecule has 2 saturated heterocycles. The summed E-state index contributed by atoms with van der Waals surface area (Å²) in [5.41, 5.74) is -0.324. The zero-order valence-corrected chi connectivity index (χ0v) is 38.0. The van der Waals surface area contributed by atoms with E-state index >= 15 is 0 Å². The Morgan fingerprint density at radius 3 is 1.30 bits per heavy atom. The molecular weight excluding hydrogens is 705 g/mol. The fraction of sp³-hybridized carbons (Fsp3) is 0.936. The third-order valence-electron chi connectivity index (χ3n) is 14.5. The molecule has 6 rings (SSSR count). The lowest BCUT2D eigenvalue weighted by Crippen LogP contribution is -2.56. The van der Waals surface area contributed by atoms with Crippen LogP contribution in [0.1, 0.15) is 160 Å². The van der Waals surface area contributed by atoms with Crippen LogP contribution in [0.4, 0.5) is 0 Å². The second-order valence-corrected chi connectivity index (χ2v) is 20.9. The molecule has 4 saturated carbocycles. The summed E-state index contributed by atoms with van der Waals surface area (Å²) in [6.07, 6.45) is 13.9. The Bertz CT molecular complexity index is 1090. The number of carboxylic acids is 2. The molecule has 6 aliphatic rings. The zero-order valence-electron chi connectivity index (χ0n) is 38.0. The Hall–Kier alpha value is -1.55. The van der Waals surface area contributed by atoms with Gasteiger partial charge in [-0.3, -0.25) is 24.2 Å². The van der Waals surface area contributed by atoms with Gasteiger partial charge in [-0.1, -0.05) is 69.2 Å². The molecule has 0 radical (unpaired) electrons. The van der Waals surface area contributed by atoms with Gasteiger partial charge in [0, 0.05) is 25.0 Å². The van der Waals surface area contributed by atoms with Gasteiger partial charge in [0.1, 0.15) is 5.78 Å². The molecule has 6 fully saturated rings. The molecule has 56 heavy (non-hydrogen) atoms. The van der Waals surface area contributed by atoms with Gasteiger partial charge in [0.15, 0.2) is 0 Å². The van der Waals surface area contributed by atoms with Crippen molar-refractivity contribution in [2.45, 2.75) is 178 Å². The molecular formula is C47H88N2O7. The van der Waals surface area contributed by atoms with Gasteiger partial charge in [-0.05, 0) is 163 Å². The molecule has 0 spiro atoms. The fourth-order valence-electron chi connectivity index (χ4n) is 9.38. The number of carboxylic acid groups (broad SMARTS) is 2. The fourth-order valence-corrected chi connectivity index (χ4v) is 9.38. The molecule has 4 N–H and O–H groups in total. The third kappa shape index (κ3) is 17.7. The number of piperidine rings is 1. The first-order chi connectivity index (χ1) is 26.0. The molecule has 0 bridgehead atoms. The molecule has 4 aliphatic carbocycles. The van der Waals surface area contributed by atoms with Gasteiger partial charge in [0.05, 0.1) is 24.2 Å². The van der Waals surface area contributed by atoms with Gasteiger partial charge in [0.25, 0.3) is 0 Å². The number of Topliss-reactive ketones (excluding diaryl/α,β-unsaturated/α-hetero) is 1. The Morgan fingerprint density at radius 2 is 1.00 bits per heavy atom. The lowest BCUT2D eigenvalue weighted by Gasteiger charge is -2.45. The van der Waals surface area contributed by atoms with Gasteiger partial charge >= 0.3 is 11.9 Å². The van der Waals surface area contributed by atoms with E-state index in [0.29, 0.717) is 23.5 Å². The topological polar surface area (TPSA) is 139 Å². The van der Waals surface area contributed by atoms with Crippen LogP contribution in [0, 0.1) is 71.0 Å². The average Bonchev–Trinajstić information content (AvgIpc) is 3.01. The number of β-amino-alcohol motifs (C(OH)–C–C–N with tert-alkyl or cyclic N) is 1. The first-order valence-corrected chi connectivity index (χ1v) is 22.8. The summed E-state index contributed by atoms with van der Waals surface area (Å²) in [7, 11) is 0. The first kappa shape index (κ1) is 50.6. The highest BCUT2D eigenvalue weighted by atomic mass is 16.4. The maximum absolute atomic E-state index is 10.8. The third-order valence-corrected chi connectivity index (χ3v) is 14.5. The van der Waals surface area contributed by atoms with Crippen LogP contribution < -0.4 is 0 Å². The molecule has 0 aromatic rings. The number of likely N-dealkylation sites (tertiary alicyclic amines) is 2. The van der Waals surface area contributed by atoms with Gasteiger partial charge in [-0.2, -0.15) is 0 Å². The number of hydrogen-bond donors (Lipinski definition) is 4. The second-order valence-electron chi connectivity index (χ2n) is 20.9. The minimum absolute atomic E-state index is 0.0298. The van der Waals surface area contributed by atoms with Crippen LogP contribution in [0.5, 0.6) is 0 Å². The number of aliphatic carboxylic acids is 2. The van der Waals surface area contributed by atoms with Crippen molar-refractivity contribution in [3.63, 3.8) is 0 Å². The SMILES string of the molecule is CC(=O)C1CC(C(C)C)C1.CC(C)C1CC(C(=O)O)C1.CC(C)C1CC(C)(O)C1.CC(C)C1CCC(N2CC(O)C2)CC1.CC(C)C1CCN(CC(=O)O)CC1. The summed E-state index contributed by atoms with van der Waals surface area (Å²) in [5, 5.41) is 35.7. The number of carbonyl (C=O) groups is 3. The van der Waals surface area contributed by atoms with Crippen LogP contribution in [-0.4, -0.2) is 98.4 Å². The van der Waals surface area contributed by atoms with Crippen LogP contribution >= 0.6 is 0 Å². The summed E-state index contributed by atoms with van der Waals surface area (Å²) < 4.78 is 0. The first-order valence-electron chi connectivity index (χ1n) is 22.8. The normalized spacial score (nSPS) is 32.2. The number of aliphatic hydroxyl groups is 2. The van der Waals surface area contributed by atoms with Crippen LogP contribution in [0.15, 0.2) is 0 Å². The van der Waals surface area contributed by atoms with Gasteiger partial charge in [-0.25, -0.2) is 0 Å². The largest absolute Gasteiger partial charge is 0.481 e. The van der Waals surface area contributed by atoms with Crippen molar-refractivity contribution in [2.75, 3.05) is 32.7 Å². The number of nitrogens with zero attached hydrogens (tertiary/aromatic N) is 2. The lowest BCUT2D eigenvalue weighted by molar-refractivity contribution is -0.147. The van der Waals surface area contributed by atoms with E-state index in [-0.39, 0.29) is 24.2 Å². The lowest BCUT2D eigenvalue weighted by atomic mass is 9.67. The maximum atomic E-state index is 10.8. The molecule has 0 aromatic heterocycles. The van der Waals surface area contributed by atoms with E-state index in [1.54, 1.807) is 6.92 Å². The van der Waals surface area contributed by atoms with E-state index in [1.165, 1.54) is 25.7 Å². The standard InChI is InChI=1S/C12H23NO.C10H19NO2.C9H16O.C8H14O2.C8H16O/c1-9(2)10-3-5-11(6-4-10)13-7-12(14)8-13;1-8(2)9-3-5-11(6-4-9)7-10(12)13;1-6(2)8-4-9(5-8)7(3)10;1-5(2)6-3-7(4-6)8(9)10;1-6(2)7-4-8(3,9)5-7/h9-12,14H,3-8H2,1-2H3;8-9H,3-7H2,1-2H3,(H,12,13);6,8-9H,4-5H2,1-3H3;5-7H,3-4H2,1-2H3,(H,9,10);6-7,9H,4-5H2,1-3H3. The van der Waals surface area contributed by atoms with Crippen molar-refractivity contribution in [1.29, 1.82) is 0 Å². The predicted molar refractivity (Wildman–Crippen MR) is 228 cm³/mol. The number of aliphatic hydroxyl groups excluding tert-OH is 1. The highest BCUT2D eigenvalue weighted by Gasteiger charge is 2.39. The molecule has 2 aliphatic heterocycles. The molecule has 0 atom stereocenters. The maximum Gasteiger partial charge on any atom is 0.317 e. The quantitative estimate of drug-likeness (QED) is 0.171. The van der Waals surface area contributed by atoms with Crippen molar-refractivity contribution >= 4 is 17.7 Å². The van der Waals surface area contributed by atoms with E-state index in [4.69, 9.17) is 10.2 Å². The van der Waals surface area contributed by atoms with Crippen LogP contribution in [0.2, 0.25) is 0 Å². The summed E-state index contributed by atoms with van der Waals surface area (Å²) in [4.78, 5) is 36.1. The summed E-state index contributed by atoms with van der Waals surface area (Å²) in [6.45, 7) is 30.0. The van der Waals surface area contributed by atoms with Crippen LogP contribution in [0.3, 0.4) is 0 Å². The van der Waals surface area contributed by atoms with E-state index in [1.807, 2.05) is 11.8 Å². The van der Waals surface area contributed by atoms with E-state index in [0.717, 1.165) is 131 Å².